The number of H-pyrrole nitrogens is 1. The predicted octanol–water partition coefficient (Wildman–Crippen LogP) is 1.90. The minimum Gasteiger partial charge on any atom is -0.493 e. The summed E-state index contributed by atoms with van der Waals surface area (Å²) in [5.41, 5.74) is 10.1. The van der Waals surface area contributed by atoms with Gasteiger partial charge < -0.3 is 10.5 Å². The van der Waals surface area contributed by atoms with Crippen LogP contribution < -0.4 is 10.5 Å². The summed E-state index contributed by atoms with van der Waals surface area (Å²) in [4.78, 5) is 0. The number of hydrogen-bond donors (Lipinski definition) is 2. The van der Waals surface area contributed by atoms with Crippen LogP contribution in [0.1, 0.15) is 11.1 Å². The highest BCUT2D eigenvalue weighted by Crippen LogP contribution is 2.31. The Bertz CT molecular complexity index is 545. The van der Waals surface area contributed by atoms with Crippen molar-refractivity contribution in [3.8, 4) is 17.0 Å². The van der Waals surface area contributed by atoms with Gasteiger partial charge in [0.05, 0.1) is 12.3 Å². The minimum atomic E-state index is 0.562. The first-order valence-electron chi connectivity index (χ1n) is 5.32. The van der Waals surface area contributed by atoms with Crippen LogP contribution in [0.3, 0.4) is 0 Å². The van der Waals surface area contributed by atoms with Crippen LogP contribution in [0.15, 0.2) is 18.2 Å². The Morgan fingerprint density at radius 1 is 1.44 bits per heavy atom. The van der Waals surface area contributed by atoms with Crippen molar-refractivity contribution < 1.29 is 4.74 Å². The number of rotatable bonds is 1. The van der Waals surface area contributed by atoms with E-state index in [1.165, 1.54) is 5.56 Å². The number of nitrogens with zero attached hydrogens (tertiary/aromatic N) is 1. The van der Waals surface area contributed by atoms with Gasteiger partial charge >= 0.3 is 0 Å². The Kier molecular flexibility index (Phi) is 1.89. The van der Waals surface area contributed by atoms with E-state index in [-0.39, 0.29) is 0 Å². The summed E-state index contributed by atoms with van der Waals surface area (Å²) in [6, 6.07) is 6.18. The Hall–Kier alpha value is -1.97. The van der Waals surface area contributed by atoms with Gasteiger partial charge in [-0.25, -0.2) is 0 Å². The van der Waals surface area contributed by atoms with Crippen LogP contribution in [0.4, 0.5) is 5.82 Å². The molecule has 0 radical (unpaired) electrons. The second kappa shape index (κ2) is 3.27. The van der Waals surface area contributed by atoms with Crippen LogP contribution in [0, 0.1) is 6.92 Å². The van der Waals surface area contributed by atoms with Gasteiger partial charge in [-0.1, -0.05) is 0 Å². The fourth-order valence-electron chi connectivity index (χ4n) is 2.04. The fraction of sp³-hybridized carbons (Fsp3) is 0.250. The summed E-state index contributed by atoms with van der Waals surface area (Å²) in [6.45, 7) is 2.75. The standard InChI is InChI=1S/C12H13N3O/c1-7-11(14-15-12(7)13)9-2-3-10-8(6-9)4-5-16-10/h2-3,6H,4-5H2,1H3,(H3,13,14,15). The van der Waals surface area contributed by atoms with Crippen LogP contribution >= 0.6 is 0 Å². The van der Waals surface area contributed by atoms with E-state index in [4.69, 9.17) is 10.5 Å². The summed E-state index contributed by atoms with van der Waals surface area (Å²) in [7, 11) is 0. The molecule has 3 rings (SSSR count). The van der Waals surface area contributed by atoms with Crippen LogP contribution in [-0.2, 0) is 6.42 Å². The summed E-state index contributed by atoms with van der Waals surface area (Å²) >= 11 is 0. The number of hydrogen-bond acceptors (Lipinski definition) is 3. The molecular weight excluding hydrogens is 202 g/mol. The molecule has 1 aromatic carbocycles. The zero-order chi connectivity index (χ0) is 11.1. The number of ether oxygens (including phenoxy) is 1. The van der Waals surface area contributed by atoms with E-state index < -0.39 is 0 Å². The average Bonchev–Trinajstić information content (AvgIpc) is 2.86. The maximum Gasteiger partial charge on any atom is 0.148 e. The van der Waals surface area contributed by atoms with Crippen molar-refractivity contribution in [1.29, 1.82) is 0 Å². The Morgan fingerprint density at radius 2 is 2.31 bits per heavy atom. The van der Waals surface area contributed by atoms with Gasteiger partial charge in [0, 0.05) is 17.5 Å². The lowest BCUT2D eigenvalue weighted by Gasteiger charge is -2.03. The lowest BCUT2D eigenvalue weighted by atomic mass is 10.0. The van der Waals surface area contributed by atoms with Crippen molar-refractivity contribution in [2.24, 2.45) is 0 Å². The second-order valence-corrected chi connectivity index (χ2v) is 4.03. The first-order valence-corrected chi connectivity index (χ1v) is 5.32. The topological polar surface area (TPSA) is 63.9 Å². The third kappa shape index (κ3) is 1.26. The Balaban J connectivity index is 2.10. The Morgan fingerprint density at radius 3 is 3.06 bits per heavy atom. The van der Waals surface area contributed by atoms with E-state index in [2.05, 4.69) is 16.3 Å². The molecule has 0 bridgehead atoms. The third-order valence-electron chi connectivity index (χ3n) is 3.03. The number of aromatic amines is 1. The molecule has 1 aliphatic rings. The van der Waals surface area contributed by atoms with Gasteiger partial charge in [0.2, 0.25) is 0 Å². The molecule has 0 unspecified atom stereocenters. The quantitative estimate of drug-likeness (QED) is 0.763. The number of anilines is 1. The molecular formula is C12H13N3O. The molecule has 0 atom stereocenters. The van der Waals surface area contributed by atoms with Gasteiger partial charge in [-0.05, 0) is 30.7 Å². The maximum absolute atomic E-state index is 5.72. The lowest BCUT2D eigenvalue weighted by molar-refractivity contribution is 0.357. The lowest BCUT2D eigenvalue weighted by Crippen LogP contribution is -1.87. The molecule has 0 aliphatic carbocycles. The number of nitrogen functional groups attached to an aromatic ring is 1. The largest absolute Gasteiger partial charge is 0.493 e. The molecule has 0 saturated carbocycles. The second-order valence-electron chi connectivity index (χ2n) is 4.03. The van der Waals surface area contributed by atoms with Gasteiger partial charge in [-0.15, -0.1) is 0 Å². The Labute approximate surface area is 93.4 Å². The highest BCUT2D eigenvalue weighted by Gasteiger charge is 2.14. The van der Waals surface area contributed by atoms with E-state index in [1.54, 1.807) is 0 Å². The van der Waals surface area contributed by atoms with Crippen LogP contribution in [0.2, 0.25) is 0 Å². The molecule has 1 aromatic heterocycles. The maximum atomic E-state index is 5.72. The molecule has 0 saturated heterocycles. The zero-order valence-corrected chi connectivity index (χ0v) is 9.08. The van der Waals surface area contributed by atoms with Crippen LogP contribution in [0.25, 0.3) is 11.3 Å². The number of benzene rings is 1. The normalized spacial score (nSPS) is 13.6. The highest BCUT2D eigenvalue weighted by atomic mass is 16.5. The third-order valence-corrected chi connectivity index (χ3v) is 3.03. The molecule has 16 heavy (non-hydrogen) atoms. The monoisotopic (exact) mass is 215 g/mol. The van der Waals surface area contributed by atoms with E-state index in [1.807, 2.05) is 19.1 Å². The SMILES string of the molecule is Cc1c(N)n[nH]c1-c1ccc2c(c1)CCO2. The summed E-state index contributed by atoms with van der Waals surface area (Å²) in [5, 5.41) is 6.97. The van der Waals surface area contributed by atoms with Crippen molar-refractivity contribution in [2.45, 2.75) is 13.3 Å². The van der Waals surface area contributed by atoms with Gasteiger partial charge in [0.1, 0.15) is 11.6 Å². The molecule has 2 aromatic rings. The fourth-order valence-corrected chi connectivity index (χ4v) is 2.04. The first-order chi connectivity index (χ1) is 7.75. The molecule has 1 aliphatic heterocycles. The van der Waals surface area contributed by atoms with Crippen LogP contribution in [-0.4, -0.2) is 16.8 Å². The molecule has 0 amide bonds. The number of nitrogens with one attached hydrogen (secondary N) is 1. The van der Waals surface area contributed by atoms with Crippen molar-refractivity contribution >= 4 is 5.82 Å². The number of fused-ring (bicyclic) bond motifs is 1. The number of nitrogens with two attached hydrogens (primary N) is 1. The van der Waals surface area contributed by atoms with Crippen molar-refractivity contribution in [3.63, 3.8) is 0 Å². The van der Waals surface area contributed by atoms with Crippen molar-refractivity contribution in [3.05, 3.63) is 29.3 Å². The summed E-state index contributed by atoms with van der Waals surface area (Å²) in [5.74, 6) is 1.56. The van der Waals surface area contributed by atoms with E-state index in [0.717, 1.165) is 35.6 Å². The molecule has 4 heteroatoms. The minimum absolute atomic E-state index is 0.562. The van der Waals surface area contributed by atoms with Crippen LogP contribution in [0.5, 0.6) is 5.75 Å². The van der Waals surface area contributed by atoms with Gasteiger partial charge in [-0.2, -0.15) is 5.10 Å². The van der Waals surface area contributed by atoms with Crippen molar-refractivity contribution in [1.82, 2.24) is 10.2 Å². The highest BCUT2D eigenvalue weighted by molar-refractivity contribution is 5.69. The van der Waals surface area contributed by atoms with Gasteiger partial charge in [-0.3, -0.25) is 5.10 Å². The average molecular weight is 215 g/mol. The summed E-state index contributed by atoms with van der Waals surface area (Å²) in [6.07, 6.45) is 0.978. The van der Waals surface area contributed by atoms with E-state index in [9.17, 15) is 0 Å². The predicted molar refractivity (Wildman–Crippen MR) is 62.4 cm³/mol. The van der Waals surface area contributed by atoms with Crippen molar-refractivity contribution in [2.75, 3.05) is 12.3 Å². The zero-order valence-electron chi connectivity index (χ0n) is 9.08. The molecule has 4 nitrogen and oxygen atoms in total. The summed E-state index contributed by atoms with van der Waals surface area (Å²) < 4.78 is 5.47. The molecule has 2 heterocycles. The number of aromatic nitrogens is 2. The van der Waals surface area contributed by atoms with Gasteiger partial charge in [0.25, 0.3) is 0 Å². The molecule has 0 fully saturated rings. The molecule has 0 spiro atoms. The molecule has 82 valence electrons. The first kappa shape index (κ1) is 9.27. The van der Waals surface area contributed by atoms with E-state index >= 15 is 0 Å². The van der Waals surface area contributed by atoms with E-state index in [0.29, 0.717) is 5.82 Å². The molecule has 3 N–H and O–H groups in total. The van der Waals surface area contributed by atoms with Gasteiger partial charge in [0.15, 0.2) is 0 Å². The smallest absolute Gasteiger partial charge is 0.148 e.